The maximum absolute atomic E-state index is 13.2. The zero-order chi connectivity index (χ0) is 15.0. The van der Waals surface area contributed by atoms with E-state index in [1.54, 1.807) is 12.3 Å². The lowest BCUT2D eigenvalue weighted by atomic mass is 10.3. The Hall–Kier alpha value is -2.34. The van der Waals surface area contributed by atoms with Crippen molar-refractivity contribution in [1.82, 2.24) is 14.6 Å². The van der Waals surface area contributed by atoms with E-state index in [2.05, 4.69) is 10.1 Å². The molecule has 0 saturated carbocycles. The third-order valence-corrected chi connectivity index (χ3v) is 3.31. The van der Waals surface area contributed by atoms with E-state index in [9.17, 15) is 9.18 Å². The van der Waals surface area contributed by atoms with Crippen LogP contribution in [0.25, 0.3) is 5.65 Å². The first-order valence-electron chi connectivity index (χ1n) is 6.32. The van der Waals surface area contributed by atoms with Gasteiger partial charge in [0.15, 0.2) is 5.65 Å². The van der Waals surface area contributed by atoms with Gasteiger partial charge in [-0.2, -0.15) is 4.52 Å². The molecule has 0 fully saturated rings. The first-order chi connectivity index (χ1) is 10.1. The van der Waals surface area contributed by atoms with E-state index >= 15 is 0 Å². The van der Waals surface area contributed by atoms with Crippen LogP contribution in [0.3, 0.4) is 0 Å². The van der Waals surface area contributed by atoms with E-state index in [0.717, 1.165) is 0 Å². The Morgan fingerprint density at radius 3 is 2.95 bits per heavy atom. The number of aromatic nitrogens is 3. The highest BCUT2D eigenvalue weighted by Crippen LogP contribution is 2.26. The summed E-state index contributed by atoms with van der Waals surface area (Å²) in [5, 5.41) is 2.69. The first-order valence-corrected chi connectivity index (χ1v) is 6.70. The SMILES string of the molecule is CCc1nc2cc[nH]n2c(=O)c1Oc1ccc(F)c(Cl)c1. The van der Waals surface area contributed by atoms with Crippen molar-refractivity contribution in [1.29, 1.82) is 0 Å². The van der Waals surface area contributed by atoms with E-state index in [0.29, 0.717) is 17.8 Å². The summed E-state index contributed by atoms with van der Waals surface area (Å²) in [6.45, 7) is 1.87. The number of hydrogen-bond acceptors (Lipinski definition) is 3. The smallest absolute Gasteiger partial charge is 0.315 e. The summed E-state index contributed by atoms with van der Waals surface area (Å²) in [6.07, 6.45) is 2.14. The van der Waals surface area contributed by atoms with Gasteiger partial charge in [0.1, 0.15) is 11.6 Å². The second-order valence-corrected chi connectivity index (χ2v) is 4.79. The number of rotatable bonds is 3. The minimum absolute atomic E-state index is 0.0699. The number of fused-ring (bicyclic) bond motifs is 1. The normalized spacial score (nSPS) is 11.0. The Morgan fingerprint density at radius 1 is 1.43 bits per heavy atom. The zero-order valence-corrected chi connectivity index (χ0v) is 11.8. The van der Waals surface area contributed by atoms with Gasteiger partial charge in [0.05, 0.1) is 10.7 Å². The molecule has 3 aromatic rings. The monoisotopic (exact) mass is 307 g/mol. The highest BCUT2D eigenvalue weighted by atomic mass is 35.5. The highest BCUT2D eigenvalue weighted by molar-refractivity contribution is 6.30. The number of ether oxygens (including phenoxy) is 1. The van der Waals surface area contributed by atoms with E-state index in [4.69, 9.17) is 16.3 Å². The number of benzene rings is 1. The predicted molar refractivity (Wildman–Crippen MR) is 76.7 cm³/mol. The molecule has 108 valence electrons. The van der Waals surface area contributed by atoms with Crippen molar-refractivity contribution in [2.45, 2.75) is 13.3 Å². The number of aromatic amines is 1. The molecule has 2 heterocycles. The molecule has 0 aliphatic carbocycles. The van der Waals surface area contributed by atoms with Crippen molar-refractivity contribution in [3.8, 4) is 11.5 Å². The van der Waals surface area contributed by atoms with Gasteiger partial charge in [0.2, 0.25) is 5.75 Å². The van der Waals surface area contributed by atoms with E-state index in [1.807, 2.05) is 6.92 Å². The molecule has 5 nitrogen and oxygen atoms in total. The molecular weight excluding hydrogens is 297 g/mol. The summed E-state index contributed by atoms with van der Waals surface area (Å²) in [7, 11) is 0. The topological polar surface area (TPSA) is 59.4 Å². The summed E-state index contributed by atoms with van der Waals surface area (Å²) in [6, 6.07) is 5.60. The molecule has 0 bridgehead atoms. The van der Waals surface area contributed by atoms with Crippen LogP contribution < -0.4 is 10.3 Å². The van der Waals surface area contributed by atoms with Crippen LogP contribution in [-0.2, 0) is 6.42 Å². The second-order valence-electron chi connectivity index (χ2n) is 4.38. The summed E-state index contributed by atoms with van der Waals surface area (Å²) < 4.78 is 20.0. The fraction of sp³-hybridized carbons (Fsp3) is 0.143. The lowest BCUT2D eigenvalue weighted by Gasteiger charge is -2.09. The standard InChI is InChI=1S/C14H11ClFN3O2/c1-2-11-13(14(20)19-12(18-11)5-6-17-19)21-8-3-4-10(16)9(15)7-8/h3-7,17H,2H2,1H3. The van der Waals surface area contributed by atoms with Gasteiger partial charge >= 0.3 is 5.56 Å². The van der Waals surface area contributed by atoms with Crippen molar-refractivity contribution < 1.29 is 9.13 Å². The third-order valence-electron chi connectivity index (χ3n) is 3.02. The summed E-state index contributed by atoms with van der Waals surface area (Å²) in [5.41, 5.74) is 0.684. The van der Waals surface area contributed by atoms with Crippen LogP contribution >= 0.6 is 11.6 Å². The van der Waals surface area contributed by atoms with Crippen LogP contribution in [0.2, 0.25) is 5.02 Å². The summed E-state index contributed by atoms with van der Waals surface area (Å²) in [5.74, 6) is -0.170. The molecule has 3 rings (SSSR count). The van der Waals surface area contributed by atoms with E-state index < -0.39 is 5.82 Å². The van der Waals surface area contributed by atoms with Crippen molar-refractivity contribution in [2.75, 3.05) is 0 Å². The molecule has 0 spiro atoms. The quantitative estimate of drug-likeness (QED) is 0.808. The molecular formula is C14H11ClFN3O2. The molecule has 21 heavy (non-hydrogen) atoms. The van der Waals surface area contributed by atoms with Gasteiger partial charge in [0, 0.05) is 18.3 Å². The molecule has 0 saturated heterocycles. The Balaban J connectivity index is 2.12. The van der Waals surface area contributed by atoms with Crippen molar-refractivity contribution in [3.05, 3.63) is 57.3 Å². The average molecular weight is 308 g/mol. The Labute approximate surface area is 123 Å². The number of nitrogens with one attached hydrogen (secondary N) is 1. The minimum atomic E-state index is -0.547. The summed E-state index contributed by atoms with van der Waals surface area (Å²) in [4.78, 5) is 16.7. The molecule has 0 amide bonds. The predicted octanol–water partition coefficient (Wildman–Crippen LogP) is 3.17. The maximum atomic E-state index is 13.2. The van der Waals surface area contributed by atoms with Crippen LogP contribution in [0.1, 0.15) is 12.6 Å². The van der Waals surface area contributed by atoms with Crippen LogP contribution in [-0.4, -0.2) is 14.6 Å². The van der Waals surface area contributed by atoms with Crippen LogP contribution in [0.15, 0.2) is 35.3 Å². The third kappa shape index (κ3) is 2.38. The second kappa shape index (κ2) is 5.21. The molecule has 0 atom stereocenters. The Morgan fingerprint density at radius 2 is 2.24 bits per heavy atom. The molecule has 7 heteroatoms. The fourth-order valence-corrected chi connectivity index (χ4v) is 2.16. The number of aryl methyl sites for hydroxylation is 1. The summed E-state index contributed by atoms with van der Waals surface area (Å²) >= 11 is 5.71. The van der Waals surface area contributed by atoms with Crippen LogP contribution in [0, 0.1) is 5.82 Å². The van der Waals surface area contributed by atoms with E-state index in [-0.39, 0.29) is 22.1 Å². The molecule has 1 aromatic carbocycles. The van der Waals surface area contributed by atoms with Gasteiger partial charge in [-0.05, 0) is 18.6 Å². The van der Waals surface area contributed by atoms with Crippen LogP contribution in [0.4, 0.5) is 4.39 Å². The van der Waals surface area contributed by atoms with Gasteiger partial charge in [-0.1, -0.05) is 18.5 Å². The fourth-order valence-electron chi connectivity index (χ4n) is 1.99. The average Bonchev–Trinajstić information content (AvgIpc) is 2.94. The molecule has 0 aliphatic heterocycles. The number of nitrogens with zero attached hydrogens (tertiary/aromatic N) is 2. The number of halogens is 2. The van der Waals surface area contributed by atoms with Gasteiger partial charge in [-0.25, -0.2) is 9.37 Å². The largest absolute Gasteiger partial charge is 0.449 e. The lowest BCUT2D eigenvalue weighted by molar-refractivity contribution is 0.460. The highest BCUT2D eigenvalue weighted by Gasteiger charge is 2.15. The zero-order valence-electron chi connectivity index (χ0n) is 11.1. The van der Waals surface area contributed by atoms with Crippen LogP contribution in [0.5, 0.6) is 11.5 Å². The molecule has 0 radical (unpaired) electrons. The van der Waals surface area contributed by atoms with Crippen molar-refractivity contribution in [3.63, 3.8) is 0 Å². The van der Waals surface area contributed by atoms with Crippen molar-refractivity contribution in [2.24, 2.45) is 0 Å². The maximum Gasteiger partial charge on any atom is 0.315 e. The number of H-pyrrole nitrogens is 1. The Bertz CT molecular complexity index is 872. The van der Waals surface area contributed by atoms with Gasteiger partial charge in [-0.15, -0.1) is 0 Å². The van der Waals surface area contributed by atoms with Gasteiger partial charge in [0.25, 0.3) is 0 Å². The molecule has 0 aliphatic rings. The minimum Gasteiger partial charge on any atom is -0.449 e. The molecule has 2 aromatic heterocycles. The first kappa shape index (κ1) is 13.6. The van der Waals surface area contributed by atoms with Crippen molar-refractivity contribution >= 4 is 17.2 Å². The molecule has 0 unspecified atom stereocenters. The molecule has 1 N–H and O–H groups in total. The Kier molecular flexibility index (Phi) is 3.39. The van der Waals surface area contributed by atoms with Gasteiger partial charge < -0.3 is 4.74 Å². The van der Waals surface area contributed by atoms with E-state index in [1.165, 1.54) is 22.7 Å². The van der Waals surface area contributed by atoms with Gasteiger partial charge in [-0.3, -0.25) is 9.89 Å². The lowest BCUT2D eigenvalue weighted by Crippen LogP contribution is -2.19. The number of hydrogen-bond donors (Lipinski definition) is 1.